The number of carbonyl (C=O) groups excluding carboxylic acids is 2. The quantitative estimate of drug-likeness (QED) is 0.719. The lowest BCUT2D eigenvalue weighted by Crippen LogP contribution is -2.23. The first-order valence-electron chi connectivity index (χ1n) is 6.70. The number of rotatable bonds is 1. The maximum atomic E-state index is 12.7. The van der Waals surface area contributed by atoms with Gasteiger partial charge in [0.05, 0.1) is 0 Å². The summed E-state index contributed by atoms with van der Waals surface area (Å²) in [6.45, 7) is 3.72. The van der Waals surface area contributed by atoms with E-state index in [0.717, 1.165) is 0 Å². The standard InChI is InChI=1S/C17H14O4/c1-8(2)14-13(19)6-5-11-15(14)17(21)10-4-3-9(18)7-12(10)16(11)20/h3-8,18-19H,1-2H3. The van der Waals surface area contributed by atoms with Crippen LogP contribution in [0.2, 0.25) is 0 Å². The lowest BCUT2D eigenvalue weighted by atomic mass is 9.79. The molecule has 0 aromatic heterocycles. The summed E-state index contributed by atoms with van der Waals surface area (Å²) in [5, 5.41) is 19.6. The topological polar surface area (TPSA) is 74.6 Å². The van der Waals surface area contributed by atoms with E-state index in [1.807, 2.05) is 13.8 Å². The number of ketones is 2. The Morgan fingerprint density at radius 1 is 0.857 bits per heavy atom. The molecule has 0 atom stereocenters. The number of carbonyl (C=O) groups is 2. The number of benzene rings is 2. The average molecular weight is 282 g/mol. The van der Waals surface area contributed by atoms with Gasteiger partial charge in [-0.3, -0.25) is 9.59 Å². The second kappa shape index (κ2) is 4.45. The van der Waals surface area contributed by atoms with Gasteiger partial charge in [-0.1, -0.05) is 13.8 Å². The molecule has 21 heavy (non-hydrogen) atoms. The molecule has 1 aliphatic carbocycles. The molecular formula is C17H14O4. The van der Waals surface area contributed by atoms with Crippen LogP contribution < -0.4 is 0 Å². The van der Waals surface area contributed by atoms with Gasteiger partial charge in [0.2, 0.25) is 0 Å². The number of fused-ring (bicyclic) bond motifs is 2. The van der Waals surface area contributed by atoms with Gasteiger partial charge in [0.1, 0.15) is 11.5 Å². The van der Waals surface area contributed by atoms with Crippen LogP contribution in [0.25, 0.3) is 0 Å². The van der Waals surface area contributed by atoms with Crippen LogP contribution in [0.5, 0.6) is 11.5 Å². The van der Waals surface area contributed by atoms with Crippen molar-refractivity contribution in [2.24, 2.45) is 0 Å². The molecule has 4 heteroatoms. The summed E-state index contributed by atoms with van der Waals surface area (Å²) in [6.07, 6.45) is 0. The van der Waals surface area contributed by atoms with E-state index in [0.29, 0.717) is 5.56 Å². The van der Waals surface area contributed by atoms with E-state index in [9.17, 15) is 19.8 Å². The first-order chi connectivity index (χ1) is 9.91. The number of hydrogen-bond acceptors (Lipinski definition) is 4. The van der Waals surface area contributed by atoms with Crippen LogP contribution in [0.15, 0.2) is 30.3 Å². The van der Waals surface area contributed by atoms with Gasteiger partial charge in [0, 0.05) is 27.8 Å². The molecule has 0 saturated heterocycles. The van der Waals surface area contributed by atoms with Crippen molar-refractivity contribution >= 4 is 11.6 Å². The molecule has 0 unspecified atom stereocenters. The van der Waals surface area contributed by atoms with Crippen LogP contribution in [0.3, 0.4) is 0 Å². The molecule has 2 aromatic carbocycles. The zero-order valence-corrected chi connectivity index (χ0v) is 11.7. The Hall–Kier alpha value is -2.62. The Balaban J connectivity index is 2.35. The van der Waals surface area contributed by atoms with Gasteiger partial charge in [0.15, 0.2) is 11.6 Å². The minimum atomic E-state index is -0.308. The lowest BCUT2D eigenvalue weighted by Gasteiger charge is -2.22. The van der Waals surface area contributed by atoms with Gasteiger partial charge < -0.3 is 10.2 Å². The largest absolute Gasteiger partial charge is 0.508 e. The van der Waals surface area contributed by atoms with Gasteiger partial charge in [-0.25, -0.2) is 0 Å². The second-order valence-corrected chi connectivity index (χ2v) is 5.46. The molecule has 0 bridgehead atoms. The Labute approximate surface area is 121 Å². The number of phenolic OH excluding ortho intramolecular Hbond substituents is 2. The summed E-state index contributed by atoms with van der Waals surface area (Å²) in [4.78, 5) is 25.2. The van der Waals surface area contributed by atoms with Crippen molar-refractivity contribution in [2.75, 3.05) is 0 Å². The van der Waals surface area contributed by atoms with Gasteiger partial charge in [-0.15, -0.1) is 0 Å². The van der Waals surface area contributed by atoms with E-state index in [2.05, 4.69) is 0 Å². The van der Waals surface area contributed by atoms with E-state index >= 15 is 0 Å². The minimum Gasteiger partial charge on any atom is -0.508 e. The van der Waals surface area contributed by atoms with Crippen LogP contribution >= 0.6 is 0 Å². The summed E-state index contributed by atoms with van der Waals surface area (Å²) in [6, 6.07) is 7.03. The SMILES string of the molecule is CC(C)c1c(O)ccc2c1C(=O)c1ccc(O)cc1C2=O. The molecule has 2 aromatic rings. The fourth-order valence-corrected chi connectivity index (χ4v) is 2.82. The first-order valence-corrected chi connectivity index (χ1v) is 6.70. The Kier molecular flexibility index (Phi) is 2.83. The van der Waals surface area contributed by atoms with Crippen LogP contribution in [0.1, 0.15) is 57.2 Å². The third-order valence-corrected chi connectivity index (χ3v) is 3.76. The fourth-order valence-electron chi connectivity index (χ4n) is 2.82. The van der Waals surface area contributed by atoms with Crippen molar-refractivity contribution in [1.82, 2.24) is 0 Å². The first kappa shape index (κ1) is 13.4. The van der Waals surface area contributed by atoms with E-state index in [-0.39, 0.29) is 51.2 Å². The fraction of sp³-hybridized carbons (Fsp3) is 0.176. The Morgan fingerprint density at radius 3 is 2.19 bits per heavy atom. The molecule has 4 nitrogen and oxygen atoms in total. The van der Waals surface area contributed by atoms with Gasteiger partial charge >= 0.3 is 0 Å². The van der Waals surface area contributed by atoms with Crippen molar-refractivity contribution in [3.63, 3.8) is 0 Å². The van der Waals surface area contributed by atoms with Gasteiger partial charge in [-0.05, 0) is 36.2 Å². The van der Waals surface area contributed by atoms with E-state index in [1.165, 1.54) is 30.3 Å². The molecule has 0 heterocycles. The molecule has 0 spiro atoms. The zero-order chi connectivity index (χ0) is 15.3. The molecular weight excluding hydrogens is 268 g/mol. The highest BCUT2D eigenvalue weighted by molar-refractivity contribution is 6.29. The van der Waals surface area contributed by atoms with Crippen molar-refractivity contribution < 1.29 is 19.8 Å². The van der Waals surface area contributed by atoms with E-state index in [4.69, 9.17) is 0 Å². The van der Waals surface area contributed by atoms with Crippen LogP contribution in [-0.2, 0) is 0 Å². The van der Waals surface area contributed by atoms with E-state index in [1.54, 1.807) is 0 Å². The summed E-state index contributed by atoms with van der Waals surface area (Å²) >= 11 is 0. The smallest absolute Gasteiger partial charge is 0.194 e. The Bertz CT molecular complexity index is 788. The summed E-state index contributed by atoms with van der Waals surface area (Å²) < 4.78 is 0. The molecule has 0 saturated carbocycles. The molecule has 3 rings (SSSR count). The summed E-state index contributed by atoms with van der Waals surface area (Å²) in [5.41, 5.74) is 1.50. The van der Waals surface area contributed by atoms with Gasteiger partial charge in [0.25, 0.3) is 0 Å². The monoisotopic (exact) mass is 282 g/mol. The van der Waals surface area contributed by atoms with Crippen molar-refractivity contribution in [3.8, 4) is 11.5 Å². The Morgan fingerprint density at radius 2 is 1.52 bits per heavy atom. The molecule has 106 valence electrons. The second-order valence-electron chi connectivity index (χ2n) is 5.46. The van der Waals surface area contributed by atoms with Crippen molar-refractivity contribution in [2.45, 2.75) is 19.8 Å². The van der Waals surface area contributed by atoms with Gasteiger partial charge in [-0.2, -0.15) is 0 Å². The molecule has 1 aliphatic rings. The molecule has 0 amide bonds. The number of aromatic hydroxyl groups is 2. The summed E-state index contributed by atoms with van der Waals surface area (Å²) in [5.74, 6) is -0.722. The lowest BCUT2D eigenvalue weighted by molar-refractivity contribution is 0.0977. The van der Waals surface area contributed by atoms with Crippen molar-refractivity contribution in [3.05, 3.63) is 58.1 Å². The normalized spacial score (nSPS) is 13.3. The third kappa shape index (κ3) is 1.83. The van der Waals surface area contributed by atoms with Crippen LogP contribution in [-0.4, -0.2) is 21.8 Å². The highest BCUT2D eigenvalue weighted by Crippen LogP contribution is 2.37. The van der Waals surface area contributed by atoms with E-state index < -0.39 is 0 Å². The van der Waals surface area contributed by atoms with Crippen LogP contribution in [0, 0.1) is 0 Å². The predicted molar refractivity (Wildman–Crippen MR) is 77.2 cm³/mol. The minimum absolute atomic E-state index is 0.0205. The highest BCUT2D eigenvalue weighted by Gasteiger charge is 2.33. The maximum Gasteiger partial charge on any atom is 0.194 e. The molecule has 0 radical (unpaired) electrons. The number of hydrogen-bond donors (Lipinski definition) is 2. The maximum absolute atomic E-state index is 12.7. The summed E-state index contributed by atoms with van der Waals surface area (Å²) in [7, 11) is 0. The van der Waals surface area contributed by atoms with Crippen LogP contribution in [0.4, 0.5) is 0 Å². The zero-order valence-electron chi connectivity index (χ0n) is 11.7. The third-order valence-electron chi connectivity index (χ3n) is 3.76. The molecule has 0 fully saturated rings. The number of phenols is 2. The molecule has 2 N–H and O–H groups in total. The molecule has 0 aliphatic heterocycles. The van der Waals surface area contributed by atoms with Crippen molar-refractivity contribution in [1.29, 1.82) is 0 Å². The predicted octanol–water partition coefficient (Wildman–Crippen LogP) is 3.00. The average Bonchev–Trinajstić information content (AvgIpc) is 2.43. The highest BCUT2D eigenvalue weighted by atomic mass is 16.3.